The molecule has 0 spiro atoms. The molecule has 0 aromatic heterocycles. The number of halogens is 2. The predicted octanol–water partition coefficient (Wildman–Crippen LogP) is 0.930. The van der Waals surface area contributed by atoms with Gasteiger partial charge in [-0.2, -0.15) is 0 Å². The summed E-state index contributed by atoms with van der Waals surface area (Å²) >= 11 is 5.53. The van der Waals surface area contributed by atoms with Crippen LogP contribution in [0.25, 0.3) is 0 Å². The number of methoxy groups -OCH3 is 1. The van der Waals surface area contributed by atoms with E-state index in [1.807, 2.05) is 0 Å². The molecule has 0 radical (unpaired) electrons. The first-order valence-electron chi connectivity index (χ1n) is 5.70. The minimum absolute atomic E-state index is 0.256. The molecule has 0 saturated heterocycles. The van der Waals surface area contributed by atoms with E-state index in [0.717, 1.165) is 32.2 Å². The highest BCUT2D eigenvalue weighted by atomic mass is 35.5. The van der Waals surface area contributed by atoms with Crippen molar-refractivity contribution in [2.24, 2.45) is 0 Å². The Labute approximate surface area is 126 Å². The SMILES string of the molecule is COC(=O)C(CS(=O)(=O)c1ccc(F)c(Cl)c1)NC(C)=O. The molecule has 1 unspecified atom stereocenters. The molecule has 0 fully saturated rings. The maximum Gasteiger partial charge on any atom is 0.329 e. The number of amides is 1. The number of hydrogen-bond donors (Lipinski definition) is 1. The molecular formula is C12H13ClFNO5S. The summed E-state index contributed by atoms with van der Waals surface area (Å²) in [4.78, 5) is 22.2. The van der Waals surface area contributed by atoms with E-state index in [4.69, 9.17) is 11.6 Å². The zero-order chi connectivity index (χ0) is 16.2. The Balaban J connectivity index is 3.07. The lowest BCUT2D eigenvalue weighted by atomic mass is 10.3. The van der Waals surface area contributed by atoms with Gasteiger partial charge >= 0.3 is 5.97 Å². The topological polar surface area (TPSA) is 89.5 Å². The fourth-order valence-electron chi connectivity index (χ4n) is 1.54. The average Bonchev–Trinajstić information content (AvgIpc) is 2.39. The first kappa shape index (κ1) is 17.4. The minimum atomic E-state index is -3.97. The fourth-order valence-corrected chi connectivity index (χ4v) is 3.21. The maximum absolute atomic E-state index is 13.0. The Morgan fingerprint density at radius 1 is 1.43 bits per heavy atom. The predicted molar refractivity (Wildman–Crippen MR) is 73.1 cm³/mol. The van der Waals surface area contributed by atoms with E-state index in [0.29, 0.717) is 0 Å². The standard InChI is InChI=1S/C12H13ClFNO5S/c1-7(16)15-11(12(17)20-2)6-21(18,19)8-3-4-10(14)9(13)5-8/h3-5,11H,6H2,1-2H3,(H,15,16). The number of sulfone groups is 1. The van der Waals surface area contributed by atoms with Gasteiger partial charge < -0.3 is 10.1 Å². The summed E-state index contributed by atoms with van der Waals surface area (Å²) in [6.07, 6.45) is 0. The van der Waals surface area contributed by atoms with Crippen molar-refractivity contribution in [1.29, 1.82) is 0 Å². The number of carbonyl (C=O) groups is 2. The molecule has 1 aromatic carbocycles. The van der Waals surface area contributed by atoms with E-state index in [-0.39, 0.29) is 9.92 Å². The highest BCUT2D eigenvalue weighted by Crippen LogP contribution is 2.20. The zero-order valence-electron chi connectivity index (χ0n) is 11.2. The van der Waals surface area contributed by atoms with Crippen LogP contribution in [0, 0.1) is 5.82 Å². The number of rotatable bonds is 5. The molecule has 0 aliphatic rings. The average molecular weight is 338 g/mol. The third-order valence-electron chi connectivity index (χ3n) is 2.50. The summed E-state index contributed by atoms with van der Waals surface area (Å²) in [5.74, 6) is -2.97. The van der Waals surface area contributed by atoms with Crippen LogP contribution in [0.1, 0.15) is 6.92 Å². The van der Waals surface area contributed by atoms with Crippen molar-refractivity contribution in [1.82, 2.24) is 5.32 Å². The molecule has 0 heterocycles. The second kappa shape index (κ2) is 6.86. The molecule has 9 heteroatoms. The van der Waals surface area contributed by atoms with Crippen LogP contribution >= 0.6 is 11.6 Å². The molecule has 0 saturated carbocycles. The fraction of sp³-hybridized carbons (Fsp3) is 0.333. The van der Waals surface area contributed by atoms with Gasteiger partial charge in [0.05, 0.1) is 22.8 Å². The van der Waals surface area contributed by atoms with Crippen LogP contribution in [0.3, 0.4) is 0 Å². The summed E-state index contributed by atoms with van der Waals surface area (Å²) in [5, 5.41) is 1.83. The molecule has 1 rings (SSSR count). The van der Waals surface area contributed by atoms with Gasteiger partial charge in [0.25, 0.3) is 0 Å². The Hall–Kier alpha value is -1.67. The Morgan fingerprint density at radius 3 is 2.52 bits per heavy atom. The number of esters is 1. The number of hydrogen-bond acceptors (Lipinski definition) is 5. The Kier molecular flexibility index (Phi) is 5.68. The van der Waals surface area contributed by atoms with E-state index >= 15 is 0 Å². The molecule has 0 aliphatic carbocycles. The summed E-state index contributed by atoms with van der Waals surface area (Å²) in [6.45, 7) is 1.14. The van der Waals surface area contributed by atoms with Gasteiger partial charge in [-0.25, -0.2) is 17.6 Å². The molecule has 1 N–H and O–H groups in total. The van der Waals surface area contributed by atoms with E-state index in [1.165, 1.54) is 0 Å². The summed E-state index contributed by atoms with van der Waals surface area (Å²) in [6, 6.07) is 1.51. The number of benzene rings is 1. The molecular weight excluding hydrogens is 325 g/mol. The van der Waals surface area contributed by atoms with Gasteiger partial charge in [-0.05, 0) is 18.2 Å². The number of ether oxygens (including phenoxy) is 1. The summed E-state index contributed by atoms with van der Waals surface area (Å²) < 4.78 is 41.8. The Bertz CT molecular complexity index is 662. The smallest absolute Gasteiger partial charge is 0.329 e. The van der Waals surface area contributed by atoms with Gasteiger partial charge in [-0.15, -0.1) is 0 Å². The molecule has 1 aromatic rings. The van der Waals surface area contributed by atoms with Gasteiger partial charge in [0.2, 0.25) is 5.91 Å². The van der Waals surface area contributed by atoms with Crippen LogP contribution in [0.15, 0.2) is 23.1 Å². The van der Waals surface area contributed by atoms with Crippen LogP contribution in [-0.4, -0.2) is 39.2 Å². The van der Waals surface area contributed by atoms with E-state index < -0.39 is 39.3 Å². The van der Waals surface area contributed by atoms with Crippen molar-refractivity contribution in [3.8, 4) is 0 Å². The third kappa shape index (κ3) is 4.68. The molecule has 21 heavy (non-hydrogen) atoms. The van der Waals surface area contributed by atoms with Crippen LogP contribution in [0.5, 0.6) is 0 Å². The first-order valence-corrected chi connectivity index (χ1v) is 7.73. The number of nitrogens with one attached hydrogen (secondary N) is 1. The zero-order valence-corrected chi connectivity index (χ0v) is 12.8. The Morgan fingerprint density at radius 2 is 2.05 bits per heavy atom. The van der Waals surface area contributed by atoms with E-state index in [1.54, 1.807) is 0 Å². The lowest BCUT2D eigenvalue weighted by molar-refractivity contribution is -0.144. The van der Waals surface area contributed by atoms with Crippen molar-refractivity contribution < 1.29 is 27.1 Å². The number of carbonyl (C=O) groups excluding carboxylic acids is 2. The van der Waals surface area contributed by atoms with E-state index in [9.17, 15) is 22.4 Å². The van der Waals surface area contributed by atoms with Gasteiger partial charge in [0.1, 0.15) is 11.9 Å². The monoisotopic (exact) mass is 337 g/mol. The van der Waals surface area contributed by atoms with Gasteiger partial charge in [0.15, 0.2) is 9.84 Å². The second-order valence-corrected chi connectivity index (χ2v) is 6.58. The van der Waals surface area contributed by atoms with Crippen LogP contribution in [0.4, 0.5) is 4.39 Å². The lowest BCUT2D eigenvalue weighted by Gasteiger charge is -2.15. The van der Waals surface area contributed by atoms with Gasteiger partial charge in [-0.3, -0.25) is 4.79 Å². The highest BCUT2D eigenvalue weighted by Gasteiger charge is 2.28. The van der Waals surface area contributed by atoms with Crippen LogP contribution in [-0.2, 0) is 24.2 Å². The molecule has 0 bridgehead atoms. The summed E-state index contributed by atoms with van der Waals surface area (Å²) in [7, 11) is -2.90. The molecule has 6 nitrogen and oxygen atoms in total. The van der Waals surface area contributed by atoms with Gasteiger partial charge in [0, 0.05) is 6.92 Å². The third-order valence-corrected chi connectivity index (χ3v) is 4.53. The van der Waals surface area contributed by atoms with Crippen molar-refractivity contribution in [3.05, 3.63) is 29.0 Å². The molecule has 116 valence electrons. The quantitative estimate of drug-likeness (QED) is 0.637. The highest BCUT2D eigenvalue weighted by molar-refractivity contribution is 7.91. The van der Waals surface area contributed by atoms with Crippen molar-refractivity contribution in [2.45, 2.75) is 17.9 Å². The second-order valence-electron chi connectivity index (χ2n) is 4.13. The normalized spacial score (nSPS) is 12.6. The largest absolute Gasteiger partial charge is 0.467 e. The molecule has 1 amide bonds. The maximum atomic E-state index is 13.0. The van der Waals surface area contributed by atoms with Crippen molar-refractivity contribution >= 4 is 33.3 Å². The van der Waals surface area contributed by atoms with Crippen molar-refractivity contribution in [2.75, 3.05) is 12.9 Å². The summed E-state index contributed by atoms with van der Waals surface area (Å²) in [5.41, 5.74) is 0. The van der Waals surface area contributed by atoms with Crippen LogP contribution in [0.2, 0.25) is 5.02 Å². The molecule has 0 aliphatic heterocycles. The van der Waals surface area contributed by atoms with E-state index in [2.05, 4.69) is 10.1 Å². The van der Waals surface area contributed by atoms with Crippen LogP contribution < -0.4 is 5.32 Å². The lowest BCUT2D eigenvalue weighted by Crippen LogP contribution is -2.45. The minimum Gasteiger partial charge on any atom is -0.467 e. The van der Waals surface area contributed by atoms with Crippen molar-refractivity contribution in [3.63, 3.8) is 0 Å². The first-order chi connectivity index (χ1) is 9.67. The molecule has 1 atom stereocenters. The van der Waals surface area contributed by atoms with Gasteiger partial charge in [-0.1, -0.05) is 11.6 Å².